The van der Waals surface area contributed by atoms with E-state index in [-0.39, 0.29) is 17.9 Å². The predicted molar refractivity (Wildman–Crippen MR) is 71.5 cm³/mol. The number of carbonyl (C=O) groups excluding carboxylic acids is 2. The van der Waals surface area contributed by atoms with Crippen LogP contribution in [0.2, 0.25) is 0 Å². The Morgan fingerprint density at radius 3 is 2.85 bits per heavy atom. The van der Waals surface area contributed by atoms with Gasteiger partial charge in [0.2, 0.25) is 11.8 Å². The molecule has 0 spiro atoms. The number of hydrogen-bond acceptors (Lipinski definition) is 4. The average Bonchev–Trinajstić information content (AvgIpc) is 2.90. The summed E-state index contributed by atoms with van der Waals surface area (Å²) in [4.78, 5) is 36.5. The fourth-order valence-electron chi connectivity index (χ4n) is 2.87. The van der Waals surface area contributed by atoms with Crippen LogP contribution in [0.1, 0.15) is 30.7 Å². The standard InChI is InChI=1S/C14H18N4O2/c1-10-7-16-11(8-15-10)9-17-6-4-13(19)18-5-2-3-12(18)14(17)20/h7-8,12H,2-6,9H2,1H3. The molecule has 2 saturated heterocycles. The molecule has 2 aliphatic heterocycles. The molecule has 0 saturated carbocycles. The predicted octanol–water partition coefficient (Wildman–Crippen LogP) is 0.508. The van der Waals surface area contributed by atoms with Crippen LogP contribution in [-0.4, -0.2) is 50.7 Å². The van der Waals surface area contributed by atoms with Crippen molar-refractivity contribution in [3.63, 3.8) is 0 Å². The number of aryl methyl sites for hydroxylation is 1. The van der Waals surface area contributed by atoms with Gasteiger partial charge in [-0.3, -0.25) is 19.6 Å². The minimum absolute atomic E-state index is 0.0516. The summed E-state index contributed by atoms with van der Waals surface area (Å²) in [5.41, 5.74) is 1.62. The van der Waals surface area contributed by atoms with Gasteiger partial charge in [0.05, 0.1) is 24.1 Å². The first-order chi connectivity index (χ1) is 9.65. The normalized spacial score (nSPS) is 22.9. The Morgan fingerprint density at radius 2 is 2.10 bits per heavy atom. The molecule has 6 heteroatoms. The second kappa shape index (κ2) is 5.19. The number of hydrogen-bond donors (Lipinski definition) is 0. The van der Waals surface area contributed by atoms with E-state index in [9.17, 15) is 9.59 Å². The minimum atomic E-state index is -0.261. The zero-order valence-electron chi connectivity index (χ0n) is 11.6. The van der Waals surface area contributed by atoms with Crippen LogP contribution >= 0.6 is 0 Å². The molecule has 6 nitrogen and oxygen atoms in total. The molecule has 2 amide bonds. The molecule has 2 aliphatic rings. The van der Waals surface area contributed by atoms with Crippen molar-refractivity contribution in [2.75, 3.05) is 13.1 Å². The van der Waals surface area contributed by atoms with Crippen molar-refractivity contribution < 1.29 is 9.59 Å². The van der Waals surface area contributed by atoms with Crippen molar-refractivity contribution in [1.29, 1.82) is 0 Å². The summed E-state index contributed by atoms with van der Waals surface area (Å²) in [7, 11) is 0. The lowest BCUT2D eigenvalue weighted by atomic mass is 10.2. The Morgan fingerprint density at radius 1 is 1.25 bits per heavy atom. The van der Waals surface area contributed by atoms with E-state index in [2.05, 4.69) is 9.97 Å². The second-order valence-electron chi connectivity index (χ2n) is 5.40. The van der Waals surface area contributed by atoms with Gasteiger partial charge >= 0.3 is 0 Å². The first-order valence-electron chi connectivity index (χ1n) is 7.01. The second-order valence-corrected chi connectivity index (χ2v) is 5.40. The summed E-state index contributed by atoms with van der Waals surface area (Å²) in [6, 6.07) is -0.261. The highest BCUT2D eigenvalue weighted by molar-refractivity contribution is 5.90. The fourth-order valence-corrected chi connectivity index (χ4v) is 2.87. The highest BCUT2D eigenvalue weighted by atomic mass is 16.2. The molecule has 0 aromatic carbocycles. The van der Waals surface area contributed by atoms with E-state index in [1.165, 1.54) is 0 Å². The average molecular weight is 274 g/mol. The van der Waals surface area contributed by atoms with E-state index in [1.807, 2.05) is 6.92 Å². The van der Waals surface area contributed by atoms with Crippen molar-refractivity contribution in [3.05, 3.63) is 23.8 Å². The third-order valence-corrected chi connectivity index (χ3v) is 3.95. The lowest BCUT2D eigenvalue weighted by Crippen LogP contribution is -2.43. The first kappa shape index (κ1) is 13.0. The van der Waals surface area contributed by atoms with Crippen molar-refractivity contribution in [3.8, 4) is 0 Å². The van der Waals surface area contributed by atoms with Crippen molar-refractivity contribution in [2.24, 2.45) is 0 Å². The molecule has 3 rings (SSSR count). The third-order valence-electron chi connectivity index (χ3n) is 3.95. The van der Waals surface area contributed by atoms with Gasteiger partial charge in [-0.15, -0.1) is 0 Å². The molecule has 1 unspecified atom stereocenters. The molecule has 0 radical (unpaired) electrons. The molecule has 20 heavy (non-hydrogen) atoms. The Bertz CT molecular complexity index is 528. The van der Waals surface area contributed by atoms with E-state index in [1.54, 1.807) is 22.2 Å². The van der Waals surface area contributed by atoms with Crippen LogP contribution in [0, 0.1) is 6.92 Å². The Hall–Kier alpha value is -1.98. The van der Waals surface area contributed by atoms with Crippen LogP contribution in [0.15, 0.2) is 12.4 Å². The summed E-state index contributed by atoms with van der Waals surface area (Å²) < 4.78 is 0. The van der Waals surface area contributed by atoms with Gasteiger partial charge in [-0.2, -0.15) is 0 Å². The summed E-state index contributed by atoms with van der Waals surface area (Å²) in [6.45, 7) is 3.50. The quantitative estimate of drug-likeness (QED) is 0.788. The molecule has 106 valence electrons. The number of nitrogens with zero attached hydrogens (tertiary/aromatic N) is 4. The zero-order chi connectivity index (χ0) is 14.1. The maximum absolute atomic E-state index is 12.5. The molecule has 2 fully saturated rings. The van der Waals surface area contributed by atoms with Crippen LogP contribution in [0.25, 0.3) is 0 Å². The maximum Gasteiger partial charge on any atom is 0.245 e. The van der Waals surface area contributed by atoms with Gasteiger partial charge in [0, 0.05) is 25.7 Å². The molecule has 0 bridgehead atoms. The van der Waals surface area contributed by atoms with Gasteiger partial charge in [-0.05, 0) is 19.8 Å². The molecule has 1 aromatic heterocycles. The summed E-state index contributed by atoms with van der Waals surface area (Å²) in [5.74, 6) is 0.147. The van der Waals surface area contributed by atoms with Gasteiger partial charge < -0.3 is 9.80 Å². The highest BCUT2D eigenvalue weighted by Crippen LogP contribution is 2.24. The van der Waals surface area contributed by atoms with E-state index < -0.39 is 0 Å². The highest BCUT2D eigenvalue weighted by Gasteiger charge is 2.39. The van der Waals surface area contributed by atoms with E-state index in [0.29, 0.717) is 26.1 Å². The molecule has 1 aromatic rings. The monoisotopic (exact) mass is 274 g/mol. The van der Waals surface area contributed by atoms with Crippen LogP contribution < -0.4 is 0 Å². The Labute approximate surface area is 117 Å². The zero-order valence-corrected chi connectivity index (χ0v) is 11.6. The summed E-state index contributed by atoms with van der Waals surface area (Å²) >= 11 is 0. The van der Waals surface area contributed by atoms with Gasteiger partial charge in [-0.25, -0.2) is 0 Å². The fraction of sp³-hybridized carbons (Fsp3) is 0.571. The summed E-state index contributed by atoms with van der Waals surface area (Å²) in [5, 5.41) is 0. The SMILES string of the molecule is Cc1cnc(CN2CCC(=O)N3CCCC3C2=O)cn1. The number of fused-ring (bicyclic) bond motifs is 1. The number of carbonyl (C=O) groups is 2. The minimum Gasteiger partial charge on any atom is -0.334 e. The number of amides is 2. The van der Waals surface area contributed by atoms with Gasteiger partial charge in [0.25, 0.3) is 0 Å². The van der Waals surface area contributed by atoms with Crippen molar-refractivity contribution in [2.45, 2.75) is 38.8 Å². The smallest absolute Gasteiger partial charge is 0.245 e. The molecule has 0 N–H and O–H groups in total. The van der Waals surface area contributed by atoms with Gasteiger partial charge in [-0.1, -0.05) is 0 Å². The number of aromatic nitrogens is 2. The Balaban J connectivity index is 1.77. The summed E-state index contributed by atoms with van der Waals surface area (Å²) in [6.07, 6.45) is 5.49. The van der Waals surface area contributed by atoms with Crippen LogP contribution in [0.4, 0.5) is 0 Å². The van der Waals surface area contributed by atoms with Crippen molar-refractivity contribution in [1.82, 2.24) is 19.8 Å². The van der Waals surface area contributed by atoms with E-state index in [4.69, 9.17) is 0 Å². The third kappa shape index (κ3) is 2.37. The van der Waals surface area contributed by atoms with Crippen LogP contribution in [0.3, 0.4) is 0 Å². The van der Waals surface area contributed by atoms with E-state index in [0.717, 1.165) is 24.2 Å². The number of rotatable bonds is 2. The molecule has 1 atom stereocenters. The van der Waals surface area contributed by atoms with Crippen LogP contribution in [-0.2, 0) is 16.1 Å². The molecular formula is C14H18N4O2. The topological polar surface area (TPSA) is 66.4 Å². The maximum atomic E-state index is 12.5. The van der Waals surface area contributed by atoms with Gasteiger partial charge in [0.1, 0.15) is 6.04 Å². The first-order valence-corrected chi connectivity index (χ1v) is 7.01. The molecule has 3 heterocycles. The lowest BCUT2D eigenvalue weighted by Gasteiger charge is -2.24. The Kier molecular flexibility index (Phi) is 3.38. The van der Waals surface area contributed by atoms with Gasteiger partial charge in [0.15, 0.2) is 0 Å². The van der Waals surface area contributed by atoms with E-state index >= 15 is 0 Å². The van der Waals surface area contributed by atoms with Crippen molar-refractivity contribution >= 4 is 11.8 Å². The largest absolute Gasteiger partial charge is 0.334 e. The lowest BCUT2D eigenvalue weighted by molar-refractivity contribution is -0.139. The van der Waals surface area contributed by atoms with Crippen LogP contribution in [0.5, 0.6) is 0 Å². The molecular weight excluding hydrogens is 256 g/mol. The molecule has 0 aliphatic carbocycles.